The van der Waals surface area contributed by atoms with Gasteiger partial charge in [-0.1, -0.05) is 18.2 Å². The number of alkyl halides is 3. The van der Waals surface area contributed by atoms with Crippen LogP contribution in [0.5, 0.6) is 5.75 Å². The fourth-order valence-electron chi connectivity index (χ4n) is 2.49. The van der Waals surface area contributed by atoms with Crippen LogP contribution in [0.3, 0.4) is 0 Å². The standard InChI is InChI=1S/C18H18F3N5O/c1-12-3-2-4-16-25-14(11-26(12)16)10-24-17(22)23-9-13-5-7-15(8-6-13)27-18(19,20)21/h2-8,11H,9-10H2,1H3,(H3,22,23,24). The number of imidazole rings is 1. The van der Waals surface area contributed by atoms with Crippen LogP contribution in [0.2, 0.25) is 0 Å². The molecular formula is C18H18F3N5O. The summed E-state index contributed by atoms with van der Waals surface area (Å²) in [7, 11) is 0. The van der Waals surface area contributed by atoms with Crippen LogP contribution in [0.1, 0.15) is 17.0 Å². The topological polar surface area (TPSA) is 76.9 Å². The van der Waals surface area contributed by atoms with E-state index in [0.29, 0.717) is 12.1 Å². The Morgan fingerprint density at radius 1 is 1.22 bits per heavy atom. The van der Waals surface area contributed by atoms with E-state index in [2.05, 4.69) is 20.0 Å². The van der Waals surface area contributed by atoms with Crippen molar-refractivity contribution in [1.82, 2.24) is 14.7 Å². The van der Waals surface area contributed by atoms with Crippen molar-refractivity contribution >= 4 is 11.6 Å². The molecule has 0 atom stereocenters. The Morgan fingerprint density at radius 3 is 2.63 bits per heavy atom. The number of ether oxygens (including phenoxy) is 1. The number of hydrogen-bond acceptors (Lipinski definition) is 3. The number of nitrogens with zero attached hydrogens (tertiary/aromatic N) is 3. The van der Waals surface area contributed by atoms with Gasteiger partial charge in [0, 0.05) is 11.9 Å². The average Bonchev–Trinajstić information content (AvgIpc) is 3.03. The number of pyridine rings is 1. The van der Waals surface area contributed by atoms with Gasteiger partial charge in [-0.15, -0.1) is 13.2 Å². The number of hydrogen-bond donors (Lipinski definition) is 2. The molecule has 3 N–H and O–H groups in total. The largest absolute Gasteiger partial charge is 0.573 e. The summed E-state index contributed by atoms with van der Waals surface area (Å²) in [5.41, 5.74) is 9.28. The molecule has 2 aromatic heterocycles. The summed E-state index contributed by atoms with van der Waals surface area (Å²) in [4.78, 5) is 8.66. The zero-order valence-electron chi connectivity index (χ0n) is 14.5. The summed E-state index contributed by atoms with van der Waals surface area (Å²) in [5, 5.41) is 2.97. The van der Waals surface area contributed by atoms with Crippen molar-refractivity contribution in [1.29, 1.82) is 0 Å². The normalized spacial score (nSPS) is 12.4. The summed E-state index contributed by atoms with van der Waals surface area (Å²) in [6.45, 7) is 2.64. The van der Waals surface area contributed by atoms with Gasteiger partial charge in [0.25, 0.3) is 0 Å². The van der Waals surface area contributed by atoms with Gasteiger partial charge < -0.3 is 20.2 Å². The van der Waals surface area contributed by atoms with E-state index in [4.69, 9.17) is 5.73 Å². The Kier molecular flexibility index (Phi) is 5.20. The number of benzene rings is 1. The number of guanidine groups is 1. The minimum atomic E-state index is -4.70. The average molecular weight is 377 g/mol. The Hall–Kier alpha value is -3.23. The van der Waals surface area contributed by atoms with Gasteiger partial charge in [-0.25, -0.2) is 9.98 Å². The molecule has 3 aromatic rings. The zero-order valence-corrected chi connectivity index (χ0v) is 14.5. The first-order valence-corrected chi connectivity index (χ1v) is 8.12. The number of aryl methyl sites for hydroxylation is 1. The molecule has 0 aliphatic rings. The van der Waals surface area contributed by atoms with Crippen LogP contribution in [0.4, 0.5) is 13.2 Å². The van der Waals surface area contributed by atoms with Crippen LogP contribution in [-0.2, 0) is 13.1 Å². The molecule has 3 rings (SSSR count). The van der Waals surface area contributed by atoms with Crippen LogP contribution >= 0.6 is 0 Å². The second-order valence-electron chi connectivity index (χ2n) is 5.87. The predicted octanol–water partition coefficient (Wildman–Crippen LogP) is 3.15. The van der Waals surface area contributed by atoms with Crippen molar-refractivity contribution in [2.75, 3.05) is 0 Å². The third-order valence-electron chi connectivity index (χ3n) is 3.79. The first-order valence-electron chi connectivity index (χ1n) is 8.12. The summed E-state index contributed by atoms with van der Waals surface area (Å²) in [6, 6.07) is 11.3. The van der Waals surface area contributed by atoms with Gasteiger partial charge >= 0.3 is 6.36 Å². The number of nitrogens with one attached hydrogen (secondary N) is 1. The smallest absolute Gasteiger partial charge is 0.406 e. The summed E-state index contributed by atoms with van der Waals surface area (Å²) >= 11 is 0. The fraction of sp³-hybridized carbons (Fsp3) is 0.222. The molecule has 0 radical (unpaired) electrons. The van der Waals surface area contributed by atoms with E-state index < -0.39 is 6.36 Å². The van der Waals surface area contributed by atoms with Gasteiger partial charge in [0.2, 0.25) is 0 Å². The lowest BCUT2D eigenvalue weighted by Crippen LogP contribution is -2.31. The molecule has 0 saturated heterocycles. The lowest BCUT2D eigenvalue weighted by Gasteiger charge is -2.09. The van der Waals surface area contributed by atoms with Gasteiger partial charge in [0.15, 0.2) is 5.96 Å². The summed E-state index contributed by atoms with van der Waals surface area (Å²) in [6.07, 6.45) is -2.78. The van der Waals surface area contributed by atoms with Crippen molar-refractivity contribution in [3.63, 3.8) is 0 Å². The van der Waals surface area contributed by atoms with Gasteiger partial charge in [-0.3, -0.25) is 0 Å². The molecule has 9 heteroatoms. The van der Waals surface area contributed by atoms with Gasteiger partial charge in [-0.2, -0.15) is 0 Å². The fourth-order valence-corrected chi connectivity index (χ4v) is 2.49. The molecule has 0 amide bonds. The van der Waals surface area contributed by atoms with E-state index >= 15 is 0 Å². The van der Waals surface area contributed by atoms with E-state index in [-0.39, 0.29) is 18.3 Å². The summed E-state index contributed by atoms with van der Waals surface area (Å²) < 4.78 is 42.2. The number of nitrogens with two attached hydrogens (primary N) is 1. The number of rotatable bonds is 5. The maximum absolute atomic E-state index is 12.1. The summed E-state index contributed by atoms with van der Waals surface area (Å²) in [5.74, 6) is -0.0529. The highest BCUT2D eigenvalue weighted by Crippen LogP contribution is 2.22. The Morgan fingerprint density at radius 2 is 1.96 bits per heavy atom. The quantitative estimate of drug-likeness (QED) is 0.529. The van der Waals surface area contributed by atoms with E-state index in [1.807, 2.05) is 35.7 Å². The molecule has 0 aliphatic carbocycles. The van der Waals surface area contributed by atoms with Gasteiger partial charge in [-0.05, 0) is 36.8 Å². The highest BCUT2D eigenvalue weighted by Gasteiger charge is 2.30. The van der Waals surface area contributed by atoms with Crippen LogP contribution in [0, 0.1) is 6.92 Å². The number of aliphatic imine (C=N–C) groups is 1. The van der Waals surface area contributed by atoms with Crippen molar-refractivity contribution in [2.24, 2.45) is 10.7 Å². The molecule has 1 aromatic carbocycles. The minimum absolute atomic E-state index is 0.222. The van der Waals surface area contributed by atoms with E-state index in [9.17, 15) is 13.2 Å². The van der Waals surface area contributed by atoms with Crippen LogP contribution < -0.4 is 15.8 Å². The Balaban J connectivity index is 1.55. The molecule has 0 fully saturated rings. The monoisotopic (exact) mass is 377 g/mol. The number of aromatic nitrogens is 2. The third kappa shape index (κ3) is 5.13. The van der Waals surface area contributed by atoms with E-state index in [0.717, 1.165) is 17.0 Å². The highest BCUT2D eigenvalue weighted by atomic mass is 19.4. The highest BCUT2D eigenvalue weighted by molar-refractivity contribution is 5.77. The molecule has 0 saturated carbocycles. The molecule has 0 unspecified atom stereocenters. The van der Waals surface area contributed by atoms with Crippen molar-refractivity contribution in [2.45, 2.75) is 26.4 Å². The molecule has 0 aliphatic heterocycles. The van der Waals surface area contributed by atoms with Gasteiger partial charge in [0.1, 0.15) is 11.4 Å². The first-order chi connectivity index (χ1) is 12.8. The Labute approximate surface area is 153 Å². The third-order valence-corrected chi connectivity index (χ3v) is 3.79. The molecule has 27 heavy (non-hydrogen) atoms. The van der Waals surface area contributed by atoms with Crippen LogP contribution in [0.15, 0.2) is 53.7 Å². The predicted molar refractivity (Wildman–Crippen MR) is 95.2 cm³/mol. The lowest BCUT2D eigenvalue weighted by atomic mass is 10.2. The second kappa shape index (κ2) is 7.56. The van der Waals surface area contributed by atoms with Crippen molar-refractivity contribution in [3.8, 4) is 5.75 Å². The number of halogens is 3. The van der Waals surface area contributed by atoms with Gasteiger partial charge in [0.05, 0.1) is 18.8 Å². The first kappa shape index (κ1) is 18.6. The van der Waals surface area contributed by atoms with E-state index in [1.54, 1.807) is 0 Å². The second-order valence-corrected chi connectivity index (χ2v) is 5.87. The maximum atomic E-state index is 12.1. The van der Waals surface area contributed by atoms with Crippen molar-refractivity contribution in [3.05, 3.63) is 65.6 Å². The molecule has 6 nitrogen and oxygen atoms in total. The minimum Gasteiger partial charge on any atom is -0.406 e. The van der Waals surface area contributed by atoms with Crippen molar-refractivity contribution < 1.29 is 17.9 Å². The molecular weight excluding hydrogens is 359 g/mol. The maximum Gasteiger partial charge on any atom is 0.573 e. The molecule has 142 valence electrons. The lowest BCUT2D eigenvalue weighted by molar-refractivity contribution is -0.274. The molecule has 2 heterocycles. The van der Waals surface area contributed by atoms with Crippen LogP contribution in [-0.4, -0.2) is 21.7 Å². The van der Waals surface area contributed by atoms with E-state index in [1.165, 1.54) is 24.3 Å². The molecule has 0 spiro atoms. The Bertz CT molecular complexity index is 948. The molecule has 0 bridgehead atoms. The number of fused-ring (bicyclic) bond motifs is 1. The SMILES string of the molecule is Cc1cccc2nc(CNC(N)=NCc3ccc(OC(F)(F)F)cc3)cn12. The zero-order chi connectivity index (χ0) is 19.4. The van der Waals surface area contributed by atoms with Crippen LogP contribution in [0.25, 0.3) is 5.65 Å².